The molecule has 158 valence electrons. The van der Waals surface area contributed by atoms with Crippen molar-refractivity contribution >= 4 is 5.91 Å². The predicted molar refractivity (Wildman–Crippen MR) is 117 cm³/mol. The largest absolute Gasteiger partial charge is 0.456 e. The van der Waals surface area contributed by atoms with Crippen molar-refractivity contribution in [1.29, 1.82) is 0 Å². The van der Waals surface area contributed by atoms with E-state index < -0.39 is 0 Å². The quantitative estimate of drug-likeness (QED) is 0.796. The number of aromatic nitrogens is 1. The van der Waals surface area contributed by atoms with Crippen LogP contribution in [0.5, 0.6) is 11.5 Å². The smallest absolute Gasteiger partial charge is 0.270 e. The lowest BCUT2D eigenvalue weighted by Crippen LogP contribution is -2.41. The van der Waals surface area contributed by atoms with Crippen molar-refractivity contribution in [3.05, 3.63) is 53.3 Å². The molecule has 0 unspecified atom stereocenters. The predicted octanol–water partition coefficient (Wildman–Crippen LogP) is 4.50. The van der Waals surface area contributed by atoms with Crippen molar-refractivity contribution in [3.63, 3.8) is 0 Å². The molecule has 1 N–H and O–H groups in total. The fraction of sp³-hybridized carbons (Fsp3) is 0.520. The maximum atomic E-state index is 12.3. The van der Waals surface area contributed by atoms with E-state index in [9.17, 15) is 4.79 Å². The summed E-state index contributed by atoms with van der Waals surface area (Å²) in [6, 6.07) is 11.1. The highest BCUT2D eigenvalue weighted by molar-refractivity contribution is 5.92. The van der Waals surface area contributed by atoms with Gasteiger partial charge in [0, 0.05) is 25.2 Å². The summed E-state index contributed by atoms with van der Waals surface area (Å²) in [6.45, 7) is 2.32. The lowest BCUT2D eigenvalue weighted by Gasteiger charge is -2.36. The standard InChI is InChI=1S/C25H31N3O2/c29-25(27-20-4-1-2-5-20)24-11-10-23(17-26-24)30-22-9-8-18-12-14-28(21-6-3-7-21)15-13-19(18)16-22/h8-11,16-17,20-21H,1-7,12-15H2,(H,27,29). The van der Waals surface area contributed by atoms with Crippen LogP contribution in [0.15, 0.2) is 36.5 Å². The number of hydrogen-bond donors (Lipinski definition) is 1. The lowest BCUT2D eigenvalue weighted by molar-refractivity contribution is 0.0933. The van der Waals surface area contributed by atoms with Crippen LogP contribution >= 0.6 is 0 Å². The van der Waals surface area contributed by atoms with Gasteiger partial charge in [-0.2, -0.15) is 0 Å². The van der Waals surface area contributed by atoms with Gasteiger partial charge in [0.05, 0.1) is 6.20 Å². The van der Waals surface area contributed by atoms with Gasteiger partial charge in [-0.3, -0.25) is 9.69 Å². The molecule has 1 aromatic carbocycles. The molecule has 2 fully saturated rings. The van der Waals surface area contributed by atoms with Crippen molar-refractivity contribution in [2.75, 3.05) is 13.1 Å². The SMILES string of the molecule is O=C(NC1CCCC1)c1ccc(Oc2ccc3c(c2)CCN(C2CCC2)CC3)cn1. The van der Waals surface area contributed by atoms with Crippen LogP contribution in [-0.2, 0) is 12.8 Å². The summed E-state index contributed by atoms with van der Waals surface area (Å²) in [5.74, 6) is 1.42. The van der Waals surface area contributed by atoms with Gasteiger partial charge in [-0.15, -0.1) is 0 Å². The molecule has 0 radical (unpaired) electrons. The van der Waals surface area contributed by atoms with Crippen molar-refractivity contribution in [3.8, 4) is 11.5 Å². The third-order valence-corrected chi connectivity index (χ3v) is 7.00. The van der Waals surface area contributed by atoms with Gasteiger partial charge in [-0.25, -0.2) is 4.98 Å². The number of hydrogen-bond acceptors (Lipinski definition) is 4. The van der Waals surface area contributed by atoms with Gasteiger partial charge in [-0.1, -0.05) is 25.3 Å². The maximum Gasteiger partial charge on any atom is 0.270 e. The molecule has 3 aliphatic rings. The first-order chi connectivity index (χ1) is 14.7. The fourth-order valence-corrected chi connectivity index (χ4v) is 4.94. The van der Waals surface area contributed by atoms with E-state index >= 15 is 0 Å². The highest BCUT2D eigenvalue weighted by atomic mass is 16.5. The van der Waals surface area contributed by atoms with E-state index in [1.165, 1.54) is 49.8 Å². The molecule has 2 heterocycles. The Balaban J connectivity index is 1.21. The van der Waals surface area contributed by atoms with Crippen LogP contribution in [-0.4, -0.2) is 41.0 Å². The summed E-state index contributed by atoms with van der Waals surface area (Å²) < 4.78 is 6.05. The summed E-state index contributed by atoms with van der Waals surface area (Å²) in [5, 5.41) is 3.08. The fourth-order valence-electron chi connectivity index (χ4n) is 4.94. The van der Waals surface area contributed by atoms with Gasteiger partial charge >= 0.3 is 0 Å². The average molecular weight is 406 g/mol. The van der Waals surface area contributed by atoms with E-state index in [1.54, 1.807) is 12.3 Å². The number of carbonyl (C=O) groups excluding carboxylic acids is 1. The Morgan fingerprint density at radius 1 is 0.933 bits per heavy atom. The zero-order valence-electron chi connectivity index (χ0n) is 17.6. The number of pyridine rings is 1. The second-order valence-electron chi connectivity index (χ2n) is 8.99. The van der Waals surface area contributed by atoms with Crippen LogP contribution in [0, 0.1) is 0 Å². The number of benzene rings is 1. The van der Waals surface area contributed by atoms with Crippen LogP contribution in [0.1, 0.15) is 66.6 Å². The molecule has 1 aliphatic heterocycles. The first kappa shape index (κ1) is 19.6. The van der Waals surface area contributed by atoms with Crippen molar-refractivity contribution in [2.24, 2.45) is 0 Å². The molecular weight excluding hydrogens is 374 g/mol. The minimum atomic E-state index is -0.0884. The zero-order valence-corrected chi connectivity index (χ0v) is 17.6. The van der Waals surface area contributed by atoms with Gasteiger partial charge in [0.15, 0.2) is 0 Å². The molecule has 5 heteroatoms. The van der Waals surface area contributed by atoms with Crippen molar-refractivity contribution in [2.45, 2.75) is 69.9 Å². The number of ether oxygens (including phenoxy) is 1. The second kappa shape index (κ2) is 8.76. The number of nitrogens with one attached hydrogen (secondary N) is 1. The summed E-state index contributed by atoms with van der Waals surface area (Å²) in [4.78, 5) is 19.3. The molecule has 1 amide bonds. The Morgan fingerprint density at radius 3 is 2.40 bits per heavy atom. The molecule has 30 heavy (non-hydrogen) atoms. The van der Waals surface area contributed by atoms with Crippen molar-refractivity contribution < 1.29 is 9.53 Å². The minimum Gasteiger partial charge on any atom is -0.456 e. The van der Waals surface area contributed by atoms with E-state index in [-0.39, 0.29) is 5.91 Å². The maximum absolute atomic E-state index is 12.3. The van der Waals surface area contributed by atoms with E-state index in [0.717, 1.165) is 44.0 Å². The molecule has 0 atom stereocenters. The molecular formula is C25H31N3O2. The lowest BCUT2D eigenvalue weighted by atomic mass is 9.91. The average Bonchev–Trinajstić information content (AvgIpc) is 3.14. The molecule has 2 aliphatic carbocycles. The summed E-state index contributed by atoms with van der Waals surface area (Å²) >= 11 is 0. The summed E-state index contributed by atoms with van der Waals surface area (Å²) in [7, 11) is 0. The highest BCUT2D eigenvalue weighted by Gasteiger charge is 2.26. The topological polar surface area (TPSA) is 54.5 Å². The Bertz CT molecular complexity index is 886. The van der Waals surface area contributed by atoms with E-state index in [4.69, 9.17) is 4.74 Å². The van der Waals surface area contributed by atoms with Crippen molar-refractivity contribution in [1.82, 2.24) is 15.2 Å². The Kier molecular flexibility index (Phi) is 5.71. The monoisotopic (exact) mass is 405 g/mol. The number of carbonyl (C=O) groups is 1. The first-order valence-electron chi connectivity index (χ1n) is 11.6. The zero-order chi connectivity index (χ0) is 20.3. The summed E-state index contributed by atoms with van der Waals surface area (Å²) in [6.07, 6.45) is 12.5. The highest BCUT2D eigenvalue weighted by Crippen LogP contribution is 2.30. The normalized spacial score (nSPS) is 20.3. The Labute approximate surface area is 178 Å². The van der Waals surface area contributed by atoms with Crippen LogP contribution < -0.4 is 10.1 Å². The minimum absolute atomic E-state index is 0.0884. The van der Waals surface area contributed by atoms with Gasteiger partial charge < -0.3 is 10.1 Å². The van der Waals surface area contributed by atoms with Crippen LogP contribution in [0.4, 0.5) is 0 Å². The van der Waals surface area contributed by atoms with E-state index in [2.05, 4.69) is 33.4 Å². The van der Waals surface area contributed by atoms with Gasteiger partial charge in [0.1, 0.15) is 17.2 Å². The molecule has 2 saturated carbocycles. The molecule has 0 bridgehead atoms. The van der Waals surface area contributed by atoms with Gasteiger partial charge in [0.25, 0.3) is 5.91 Å². The number of amides is 1. The number of nitrogens with zero attached hydrogens (tertiary/aromatic N) is 2. The second-order valence-corrected chi connectivity index (χ2v) is 8.99. The van der Waals surface area contributed by atoms with E-state index in [0.29, 0.717) is 17.5 Å². The molecule has 0 saturated heterocycles. The van der Waals surface area contributed by atoms with Crippen LogP contribution in [0.3, 0.4) is 0 Å². The molecule has 1 aromatic heterocycles. The Morgan fingerprint density at radius 2 is 1.70 bits per heavy atom. The van der Waals surface area contributed by atoms with Crippen LogP contribution in [0.25, 0.3) is 0 Å². The number of fused-ring (bicyclic) bond motifs is 1. The van der Waals surface area contributed by atoms with E-state index in [1.807, 2.05) is 6.07 Å². The molecule has 0 spiro atoms. The van der Waals surface area contributed by atoms with Crippen LogP contribution in [0.2, 0.25) is 0 Å². The Hall–Kier alpha value is -2.40. The molecule has 5 rings (SSSR count). The number of rotatable bonds is 5. The third kappa shape index (κ3) is 4.36. The molecule has 2 aromatic rings. The first-order valence-corrected chi connectivity index (χ1v) is 11.6. The molecule has 5 nitrogen and oxygen atoms in total. The summed E-state index contributed by atoms with van der Waals surface area (Å²) in [5.41, 5.74) is 3.29. The van der Waals surface area contributed by atoms with Gasteiger partial charge in [-0.05, 0) is 73.9 Å². The van der Waals surface area contributed by atoms with Gasteiger partial charge in [0.2, 0.25) is 0 Å². The third-order valence-electron chi connectivity index (χ3n) is 7.00.